The molecule has 0 aliphatic rings. The predicted molar refractivity (Wildman–Crippen MR) is 90.2 cm³/mol. The van der Waals surface area contributed by atoms with Gasteiger partial charge in [-0.15, -0.1) is 0 Å². The summed E-state index contributed by atoms with van der Waals surface area (Å²) in [7, 11) is 0. The van der Waals surface area contributed by atoms with Crippen LogP contribution < -0.4 is 11.1 Å². The Morgan fingerprint density at radius 2 is 2.00 bits per heavy atom. The molecule has 0 aliphatic carbocycles. The van der Waals surface area contributed by atoms with Crippen molar-refractivity contribution in [3.8, 4) is 0 Å². The zero-order chi connectivity index (χ0) is 14.5. The highest BCUT2D eigenvalue weighted by Crippen LogP contribution is 2.26. The fraction of sp³-hybridized carbons (Fsp3) is 0.375. The minimum absolute atomic E-state index is 0.385. The van der Waals surface area contributed by atoms with E-state index in [1.54, 1.807) is 6.20 Å². The van der Waals surface area contributed by atoms with E-state index >= 15 is 0 Å². The van der Waals surface area contributed by atoms with Crippen LogP contribution in [0.1, 0.15) is 32.3 Å². The van der Waals surface area contributed by atoms with Crippen molar-refractivity contribution < 1.29 is 0 Å². The lowest BCUT2D eigenvalue weighted by molar-refractivity contribution is 0.519. The highest BCUT2D eigenvalue weighted by Gasteiger charge is 2.12. The van der Waals surface area contributed by atoms with Gasteiger partial charge in [-0.05, 0) is 12.0 Å². The summed E-state index contributed by atoms with van der Waals surface area (Å²) in [4.78, 5) is 4.81. The first kappa shape index (κ1) is 14.7. The maximum absolute atomic E-state index is 5.83. The molecule has 0 unspecified atom stereocenters. The Morgan fingerprint density at radius 1 is 1.30 bits per heavy atom. The van der Waals surface area contributed by atoms with Crippen LogP contribution in [0.25, 0.3) is 10.9 Å². The average molecular weight is 287 g/mol. The summed E-state index contributed by atoms with van der Waals surface area (Å²) in [6.45, 7) is 5.36. The molecule has 0 fully saturated rings. The Bertz CT molecular complexity index is 606. The summed E-state index contributed by atoms with van der Waals surface area (Å²) in [5.74, 6) is 0.654. The minimum atomic E-state index is 0.385. The molecule has 3 N–H and O–H groups in total. The van der Waals surface area contributed by atoms with E-state index in [2.05, 4.69) is 30.2 Å². The van der Waals surface area contributed by atoms with E-state index in [1.807, 2.05) is 18.2 Å². The minimum Gasteiger partial charge on any atom is -0.389 e. The van der Waals surface area contributed by atoms with Gasteiger partial charge in [-0.3, -0.25) is 4.98 Å². The van der Waals surface area contributed by atoms with Crippen molar-refractivity contribution >= 4 is 33.8 Å². The first-order valence-corrected chi connectivity index (χ1v) is 7.49. The number of fused-ring (bicyclic) bond motifs is 1. The van der Waals surface area contributed by atoms with Gasteiger partial charge < -0.3 is 11.1 Å². The molecule has 0 amide bonds. The van der Waals surface area contributed by atoms with Crippen LogP contribution in [-0.2, 0) is 0 Å². The van der Waals surface area contributed by atoms with Crippen LogP contribution >= 0.6 is 12.2 Å². The second-order valence-corrected chi connectivity index (χ2v) is 5.43. The van der Waals surface area contributed by atoms with Gasteiger partial charge in [-0.2, -0.15) is 0 Å². The first-order chi connectivity index (χ1) is 9.67. The summed E-state index contributed by atoms with van der Waals surface area (Å²) < 4.78 is 0. The highest BCUT2D eigenvalue weighted by atomic mass is 32.1. The third kappa shape index (κ3) is 3.07. The number of rotatable bonds is 6. The van der Waals surface area contributed by atoms with Crippen molar-refractivity contribution in [1.82, 2.24) is 4.98 Å². The van der Waals surface area contributed by atoms with Crippen LogP contribution in [-0.4, -0.2) is 16.5 Å². The van der Waals surface area contributed by atoms with E-state index in [4.69, 9.17) is 18.0 Å². The lowest BCUT2D eigenvalue weighted by Crippen LogP contribution is -2.18. The molecule has 1 aromatic heterocycles. The van der Waals surface area contributed by atoms with Crippen LogP contribution in [0.4, 0.5) is 5.69 Å². The number of benzene rings is 1. The zero-order valence-electron chi connectivity index (χ0n) is 12.0. The monoisotopic (exact) mass is 287 g/mol. The largest absolute Gasteiger partial charge is 0.389 e. The van der Waals surface area contributed by atoms with Gasteiger partial charge in [0, 0.05) is 18.1 Å². The van der Waals surface area contributed by atoms with Gasteiger partial charge in [0.1, 0.15) is 4.99 Å². The van der Waals surface area contributed by atoms with E-state index in [9.17, 15) is 0 Å². The molecule has 0 spiro atoms. The van der Waals surface area contributed by atoms with E-state index < -0.39 is 0 Å². The Balaban J connectivity index is 2.42. The number of hydrogen-bond donors (Lipinski definition) is 2. The Hall–Kier alpha value is -1.68. The molecule has 2 rings (SSSR count). The zero-order valence-corrected chi connectivity index (χ0v) is 12.8. The molecular formula is C16H21N3S. The number of pyridine rings is 1. The van der Waals surface area contributed by atoms with Crippen molar-refractivity contribution in [2.45, 2.75) is 26.7 Å². The molecule has 20 heavy (non-hydrogen) atoms. The Kier molecular flexibility index (Phi) is 4.90. The molecule has 0 atom stereocenters. The molecular weight excluding hydrogens is 266 g/mol. The van der Waals surface area contributed by atoms with Gasteiger partial charge in [0.05, 0.1) is 16.8 Å². The van der Waals surface area contributed by atoms with E-state index in [1.165, 1.54) is 0 Å². The van der Waals surface area contributed by atoms with Crippen molar-refractivity contribution in [3.05, 3.63) is 36.0 Å². The lowest BCUT2D eigenvalue weighted by atomic mass is 10.0. The van der Waals surface area contributed by atoms with Gasteiger partial charge in [0.15, 0.2) is 0 Å². The van der Waals surface area contributed by atoms with Crippen molar-refractivity contribution in [1.29, 1.82) is 0 Å². The smallest absolute Gasteiger partial charge is 0.107 e. The van der Waals surface area contributed by atoms with Crippen molar-refractivity contribution in [2.24, 2.45) is 11.7 Å². The second-order valence-electron chi connectivity index (χ2n) is 4.99. The number of para-hydroxylation sites is 1. The first-order valence-electron chi connectivity index (χ1n) is 7.08. The topological polar surface area (TPSA) is 50.9 Å². The molecule has 0 saturated heterocycles. The molecule has 0 bridgehead atoms. The Labute approximate surface area is 125 Å². The summed E-state index contributed by atoms with van der Waals surface area (Å²) in [6.07, 6.45) is 4.09. The van der Waals surface area contributed by atoms with E-state index in [-0.39, 0.29) is 0 Å². The normalized spacial score (nSPS) is 10.9. The average Bonchev–Trinajstić information content (AvgIpc) is 2.47. The van der Waals surface area contributed by atoms with Crippen LogP contribution in [0.3, 0.4) is 0 Å². The number of thiocarbonyl (C=S) groups is 1. The molecule has 0 saturated carbocycles. The van der Waals surface area contributed by atoms with Crippen LogP contribution in [0.5, 0.6) is 0 Å². The summed E-state index contributed by atoms with van der Waals surface area (Å²) in [6, 6.07) is 8.05. The summed E-state index contributed by atoms with van der Waals surface area (Å²) in [5, 5.41) is 4.60. The maximum atomic E-state index is 5.83. The number of anilines is 1. The molecule has 3 nitrogen and oxygen atoms in total. The number of nitrogens with zero attached hydrogens (tertiary/aromatic N) is 1. The van der Waals surface area contributed by atoms with Gasteiger partial charge in [-0.25, -0.2) is 0 Å². The quantitative estimate of drug-likeness (QED) is 0.795. The molecule has 1 heterocycles. The number of hydrogen-bond acceptors (Lipinski definition) is 3. The fourth-order valence-corrected chi connectivity index (χ4v) is 2.50. The second kappa shape index (κ2) is 6.66. The Morgan fingerprint density at radius 3 is 2.65 bits per heavy atom. The van der Waals surface area contributed by atoms with Crippen LogP contribution in [0.15, 0.2) is 30.5 Å². The number of nitrogens with one attached hydrogen (secondary N) is 1. The van der Waals surface area contributed by atoms with Crippen LogP contribution in [0.2, 0.25) is 0 Å². The van der Waals surface area contributed by atoms with Crippen LogP contribution in [0, 0.1) is 5.92 Å². The van der Waals surface area contributed by atoms with Gasteiger partial charge in [-0.1, -0.05) is 57.1 Å². The third-order valence-electron chi connectivity index (χ3n) is 3.76. The maximum Gasteiger partial charge on any atom is 0.107 e. The summed E-state index contributed by atoms with van der Waals surface area (Å²) in [5.41, 5.74) is 8.62. The van der Waals surface area contributed by atoms with Gasteiger partial charge >= 0.3 is 0 Å². The number of nitrogens with two attached hydrogens (primary N) is 1. The van der Waals surface area contributed by atoms with Gasteiger partial charge in [0.2, 0.25) is 0 Å². The molecule has 4 heteroatoms. The van der Waals surface area contributed by atoms with Gasteiger partial charge in [0.25, 0.3) is 0 Å². The third-order valence-corrected chi connectivity index (χ3v) is 3.98. The molecule has 0 aliphatic heterocycles. The predicted octanol–water partition coefficient (Wildman–Crippen LogP) is 3.72. The molecule has 0 radical (unpaired) electrons. The molecule has 1 aromatic carbocycles. The lowest BCUT2D eigenvalue weighted by Gasteiger charge is -2.18. The number of aromatic nitrogens is 1. The van der Waals surface area contributed by atoms with E-state index in [0.717, 1.165) is 41.5 Å². The van der Waals surface area contributed by atoms with E-state index in [0.29, 0.717) is 10.9 Å². The SMILES string of the molecule is CCC(CC)CNc1c(C(N)=S)cnc2ccccc12. The van der Waals surface area contributed by atoms with Crippen molar-refractivity contribution in [2.75, 3.05) is 11.9 Å². The standard InChI is InChI=1S/C16H21N3S/c1-3-11(4-2)9-19-15-12-7-5-6-8-14(12)18-10-13(15)16(17)20/h5-8,10-11H,3-4,9H2,1-2H3,(H2,17,20)(H,18,19). The summed E-state index contributed by atoms with van der Waals surface area (Å²) >= 11 is 5.15. The fourth-order valence-electron chi connectivity index (χ4n) is 2.34. The molecule has 2 aromatic rings. The highest BCUT2D eigenvalue weighted by molar-refractivity contribution is 7.80. The van der Waals surface area contributed by atoms with Crippen molar-refractivity contribution in [3.63, 3.8) is 0 Å². The molecule has 106 valence electrons.